The number of halogens is 3. The molecule has 1 heterocycles. The van der Waals surface area contributed by atoms with Crippen molar-refractivity contribution in [2.24, 2.45) is 11.8 Å². The van der Waals surface area contributed by atoms with Crippen LogP contribution in [0.1, 0.15) is 48.4 Å². The van der Waals surface area contributed by atoms with Crippen LogP contribution in [0.25, 0.3) is 0 Å². The van der Waals surface area contributed by atoms with E-state index in [0.29, 0.717) is 43.2 Å². The summed E-state index contributed by atoms with van der Waals surface area (Å²) in [5.74, 6) is 0.0643. The largest absolute Gasteiger partial charge is 0.416 e. The van der Waals surface area contributed by atoms with Crippen LogP contribution < -0.4 is 10.2 Å². The molecule has 0 bridgehead atoms. The van der Waals surface area contributed by atoms with E-state index in [1.165, 1.54) is 30.2 Å². The van der Waals surface area contributed by atoms with Gasteiger partial charge in [-0.2, -0.15) is 13.2 Å². The van der Waals surface area contributed by atoms with Gasteiger partial charge in [-0.3, -0.25) is 9.59 Å². The van der Waals surface area contributed by atoms with Crippen molar-refractivity contribution in [2.75, 3.05) is 36.5 Å². The Morgan fingerprint density at radius 1 is 0.932 bits per heavy atom. The topological polar surface area (TPSA) is 61.9 Å². The zero-order chi connectivity index (χ0) is 30.9. The van der Waals surface area contributed by atoms with E-state index in [1.54, 1.807) is 4.90 Å². The van der Waals surface area contributed by atoms with E-state index >= 15 is 0 Å². The number of rotatable bonds is 6. The predicted molar refractivity (Wildman–Crippen MR) is 163 cm³/mol. The number of anilines is 2. The second-order valence-corrected chi connectivity index (χ2v) is 12.4. The summed E-state index contributed by atoms with van der Waals surface area (Å²) in [5.41, 5.74) is 2.97. The number of ether oxygens (including phenoxy) is 1. The van der Waals surface area contributed by atoms with Gasteiger partial charge in [0.25, 0.3) is 0 Å². The standard InChI is InChI=1S/C35H38F3N3O3/c1-24(42)41(23-25-6-8-30(9-7-25)35(36,37)38)34(15-14-28-20-26-4-2-3-5-27(26)21-29(28)22-34)33(43)39-31-10-12-32(13-11-31)40-16-18-44-19-17-40/h2-13,28-29H,14-23H2,1H3,(H,39,43)/t28-,29+,34?/m1/s1. The summed E-state index contributed by atoms with van der Waals surface area (Å²) in [7, 11) is 0. The van der Waals surface area contributed by atoms with Crippen LogP contribution in [0.2, 0.25) is 0 Å². The Bertz CT molecular complexity index is 1490. The van der Waals surface area contributed by atoms with Crippen molar-refractivity contribution in [3.8, 4) is 0 Å². The molecule has 6 nitrogen and oxygen atoms in total. The highest BCUT2D eigenvalue weighted by Crippen LogP contribution is 2.47. The normalized spacial score (nSPS) is 23.3. The van der Waals surface area contributed by atoms with Crippen molar-refractivity contribution in [3.63, 3.8) is 0 Å². The SMILES string of the molecule is CC(=O)N(Cc1ccc(C(F)(F)F)cc1)C1(C(=O)Nc2ccc(N3CCOCC3)cc2)CC[C@@H]2Cc3ccccc3C[C@H]2C1. The first-order chi connectivity index (χ1) is 21.1. The number of benzene rings is 3. The lowest BCUT2D eigenvalue weighted by Crippen LogP contribution is -2.61. The molecule has 3 aromatic rings. The molecule has 3 atom stereocenters. The van der Waals surface area contributed by atoms with Crippen LogP contribution in [-0.2, 0) is 39.9 Å². The third-order valence-corrected chi connectivity index (χ3v) is 9.72. The van der Waals surface area contributed by atoms with Crippen molar-refractivity contribution in [3.05, 3.63) is 95.1 Å². The number of amides is 2. The van der Waals surface area contributed by atoms with Gasteiger partial charge in [0.2, 0.25) is 11.8 Å². The molecule has 2 amide bonds. The summed E-state index contributed by atoms with van der Waals surface area (Å²) in [4.78, 5) is 31.6. The number of alkyl halides is 3. The molecule has 2 fully saturated rings. The first kappa shape index (κ1) is 30.2. The lowest BCUT2D eigenvalue weighted by atomic mass is 9.62. The number of hydrogen-bond donors (Lipinski definition) is 1. The van der Waals surface area contributed by atoms with Gasteiger partial charge in [-0.1, -0.05) is 36.4 Å². The number of nitrogens with one attached hydrogen (secondary N) is 1. The second-order valence-electron chi connectivity index (χ2n) is 12.4. The Hall–Kier alpha value is -3.85. The molecular formula is C35H38F3N3O3. The second kappa shape index (κ2) is 12.3. The van der Waals surface area contributed by atoms with E-state index in [2.05, 4.69) is 28.4 Å². The van der Waals surface area contributed by atoms with Gasteiger partial charge in [-0.25, -0.2) is 0 Å². The van der Waals surface area contributed by atoms with Gasteiger partial charge in [0, 0.05) is 37.9 Å². The summed E-state index contributed by atoms with van der Waals surface area (Å²) < 4.78 is 45.2. The van der Waals surface area contributed by atoms with E-state index in [-0.39, 0.29) is 24.3 Å². The van der Waals surface area contributed by atoms with E-state index in [4.69, 9.17) is 4.74 Å². The Kier molecular flexibility index (Phi) is 8.42. The molecule has 6 rings (SSSR count). The Morgan fingerprint density at radius 3 is 2.18 bits per heavy atom. The van der Waals surface area contributed by atoms with Gasteiger partial charge in [0.15, 0.2) is 0 Å². The maximum atomic E-state index is 14.4. The van der Waals surface area contributed by atoms with E-state index in [0.717, 1.165) is 50.2 Å². The maximum Gasteiger partial charge on any atom is 0.416 e. The number of hydrogen-bond acceptors (Lipinski definition) is 4. The molecule has 1 saturated carbocycles. The van der Waals surface area contributed by atoms with E-state index in [9.17, 15) is 22.8 Å². The average molecular weight is 606 g/mol. The van der Waals surface area contributed by atoms with E-state index in [1.807, 2.05) is 30.3 Å². The molecule has 0 radical (unpaired) electrons. The number of carbonyl (C=O) groups excluding carboxylic acids is 2. The van der Waals surface area contributed by atoms with Crippen LogP contribution in [0.15, 0.2) is 72.8 Å². The minimum Gasteiger partial charge on any atom is -0.378 e. The van der Waals surface area contributed by atoms with Gasteiger partial charge >= 0.3 is 6.18 Å². The highest BCUT2D eigenvalue weighted by atomic mass is 19.4. The molecule has 44 heavy (non-hydrogen) atoms. The Morgan fingerprint density at radius 2 is 1.57 bits per heavy atom. The average Bonchev–Trinajstić information content (AvgIpc) is 3.03. The zero-order valence-corrected chi connectivity index (χ0v) is 24.9. The number of morpholine rings is 1. The van der Waals surface area contributed by atoms with Crippen LogP contribution in [0, 0.1) is 11.8 Å². The summed E-state index contributed by atoms with van der Waals surface area (Å²) in [5, 5.41) is 3.12. The minimum atomic E-state index is -4.45. The predicted octanol–water partition coefficient (Wildman–Crippen LogP) is 6.48. The lowest BCUT2D eigenvalue weighted by molar-refractivity contribution is -0.149. The Labute approximate surface area is 256 Å². The maximum absolute atomic E-state index is 14.4. The van der Waals surface area contributed by atoms with Gasteiger partial charge in [0.05, 0.1) is 18.8 Å². The number of fused-ring (bicyclic) bond motifs is 2. The van der Waals surface area contributed by atoms with Gasteiger partial charge in [-0.05, 0) is 97.0 Å². The Balaban J connectivity index is 1.30. The molecule has 1 unspecified atom stereocenters. The fourth-order valence-electron chi connectivity index (χ4n) is 7.33. The minimum absolute atomic E-state index is 0.0465. The third kappa shape index (κ3) is 6.20. The summed E-state index contributed by atoms with van der Waals surface area (Å²) >= 11 is 0. The molecule has 232 valence electrons. The third-order valence-electron chi connectivity index (χ3n) is 9.72. The van der Waals surface area contributed by atoms with E-state index < -0.39 is 17.3 Å². The van der Waals surface area contributed by atoms with Crippen LogP contribution in [0.3, 0.4) is 0 Å². The molecular weight excluding hydrogens is 567 g/mol. The highest BCUT2D eigenvalue weighted by Gasteiger charge is 2.51. The zero-order valence-electron chi connectivity index (χ0n) is 24.9. The monoisotopic (exact) mass is 605 g/mol. The molecule has 9 heteroatoms. The summed E-state index contributed by atoms with van der Waals surface area (Å²) in [6.45, 7) is 4.44. The van der Waals surface area contributed by atoms with Gasteiger partial charge in [0.1, 0.15) is 5.54 Å². The summed E-state index contributed by atoms with van der Waals surface area (Å²) in [6, 6.07) is 21.0. The molecule has 0 spiro atoms. The first-order valence-electron chi connectivity index (χ1n) is 15.4. The molecule has 3 aromatic carbocycles. The fourth-order valence-corrected chi connectivity index (χ4v) is 7.33. The lowest BCUT2D eigenvalue weighted by Gasteiger charge is -2.50. The van der Waals surface area contributed by atoms with Crippen molar-refractivity contribution in [2.45, 2.75) is 57.3 Å². The number of carbonyl (C=O) groups is 2. The van der Waals surface area contributed by atoms with Crippen LogP contribution in [0.5, 0.6) is 0 Å². The summed E-state index contributed by atoms with van der Waals surface area (Å²) in [6.07, 6.45) is -0.930. The van der Waals surface area contributed by atoms with Crippen molar-refractivity contribution >= 4 is 23.2 Å². The van der Waals surface area contributed by atoms with Gasteiger partial charge in [-0.15, -0.1) is 0 Å². The fraction of sp³-hybridized carbons (Fsp3) is 0.429. The molecule has 3 aliphatic rings. The molecule has 1 saturated heterocycles. The molecule has 1 N–H and O–H groups in total. The quantitative estimate of drug-likeness (QED) is 0.349. The highest BCUT2D eigenvalue weighted by molar-refractivity contribution is 6.00. The first-order valence-corrected chi connectivity index (χ1v) is 15.4. The van der Waals surface area contributed by atoms with Crippen LogP contribution in [-0.4, -0.2) is 48.6 Å². The molecule has 2 aliphatic carbocycles. The van der Waals surface area contributed by atoms with Crippen LogP contribution >= 0.6 is 0 Å². The number of nitrogens with zero attached hydrogens (tertiary/aromatic N) is 2. The van der Waals surface area contributed by atoms with Gasteiger partial charge < -0.3 is 19.9 Å². The van der Waals surface area contributed by atoms with Crippen molar-refractivity contribution in [1.29, 1.82) is 0 Å². The van der Waals surface area contributed by atoms with Crippen LogP contribution in [0.4, 0.5) is 24.5 Å². The van der Waals surface area contributed by atoms with Crippen molar-refractivity contribution < 1.29 is 27.5 Å². The molecule has 1 aliphatic heterocycles. The molecule has 0 aromatic heterocycles. The van der Waals surface area contributed by atoms with Crippen molar-refractivity contribution in [1.82, 2.24) is 4.90 Å². The smallest absolute Gasteiger partial charge is 0.378 e.